The van der Waals surface area contributed by atoms with Crippen LogP contribution in [0, 0.1) is 0 Å². The predicted octanol–water partition coefficient (Wildman–Crippen LogP) is 1.23. The number of ketones is 1. The molecule has 5 nitrogen and oxygen atoms in total. The highest BCUT2D eigenvalue weighted by Crippen LogP contribution is 2.10. The number of Topliss-reactive ketones (excluding diaryl/α,β-unsaturated/α-hetero) is 1. The molecule has 0 aromatic heterocycles. The Morgan fingerprint density at radius 2 is 1.94 bits per heavy atom. The van der Waals surface area contributed by atoms with Gasteiger partial charge in [0.05, 0.1) is 19.6 Å². The van der Waals surface area contributed by atoms with Gasteiger partial charge in [-0.05, 0) is 31.2 Å². The van der Waals surface area contributed by atoms with Crippen LogP contribution in [0.2, 0.25) is 0 Å². The Hall–Kier alpha value is -1.88. The van der Waals surface area contributed by atoms with Crippen LogP contribution < -0.4 is 5.32 Å². The van der Waals surface area contributed by atoms with Gasteiger partial charge in [-0.3, -0.25) is 9.59 Å². The second-order valence-corrected chi connectivity index (χ2v) is 3.95. The first-order chi connectivity index (χ1) is 8.52. The third-order valence-corrected chi connectivity index (χ3v) is 2.46. The number of esters is 1. The van der Waals surface area contributed by atoms with Crippen molar-refractivity contribution in [2.75, 3.05) is 19.0 Å². The number of rotatable bonds is 6. The monoisotopic (exact) mass is 251 g/mol. The fraction of sp³-hybridized carbons (Fsp3) is 0.385. The van der Waals surface area contributed by atoms with Crippen LogP contribution in [-0.2, 0) is 9.53 Å². The van der Waals surface area contributed by atoms with Crippen LogP contribution in [0.5, 0.6) is 0 Å². The highest BCUT2D eigenvalue weighted by Gasteiger charge is 2.10. The lowest BCUT2D eigenvalue weighted by Gasteiger charge is -2.11. The lowest BCUT2D eigenvalue weighted by molar-refractivity contribution is -0.142. The molecule has 0 spiro atoms. The van der Waals surface area contributed by atoms with Crippen LogP contribution in [0.1, 0.15) is 23.7 Å². The lowest BCUT2D eigenvalue weighted by atomic mass is 10.1. The fourth-order valence-corrected chi connectivity index (χ4v) is 1.41. The Morgan fingerprint density at radius 1 is 1.33 bits per heavy atom. The lowest BCUT2D eigenvalue weighted by Crippen LogP contribution is -2.23. The van der Waals surface area contributed by atoms with E-state index >= 15 is 0 Å². The van der Waals surface area contributed by atoms with Crippen molar-refractivity contribution in [1.29, 1.82) is 0 Å². The topological polar surface area (TPSA) is 75.6 Å². The van der Waals surface area contributed by atoms with Gasteiger partial charge in [-0.15, -0.1) is 0 Å². The smallest absolute Gasteiger partial charge is 0.308 e. The summed E-state index contributed by atoms with van der Waals surface area (Å²) in [5.74, 6) is -0.441. The highest BCUT2D eigenvalue weighted by atomic mass is 16.5. The molecule has 0 aliphatic heterocycles. The number of ether oxygens (including phenoxy) is 1. The maximum atomic E-state index is 11.1. The molecule has 98 valence electrons. The predicted molar refractivity (Wildman–Crippen MR) is 67.6 cm³/mol. The number of nitrogens with one attached hydrogen (secondary N) is 1. The first kappa shape index (κ1) is 14.2. The van der Waals surface area contributed by atoms with Crippen molar-refractivity contribution in [1.82, 2.24) is 0 Å². The van der Waals surface area contributed by atoms with Crippen molar-refractivity contribution < 1.29 is 19.4 Å². The summed E-state index contributed by atoms with van der Waals surface area (Å²) in [5.41, 5.74) is 1.42. The maximum Gasteiger partial charge on any atom is 0.308 e. The third-order valence-electron chi connectivity index (χ3n) is 2.46. The number of hydrogen-bond acceptors (Lipinski definition) is 5. The Morgan fingerprint density at radius 3 is 2.44 bits per heavy atom. The molecule has 1 unspecified atom stereocenters. The standard InChI is InChI=1S/C13H17NO4/c1-9(15)10-3-5-11(6-4-10)14-8-12(16)7-13(17)18-2/h3-6,12,14,16H,7-8H2,1-2H3. The van der Waals surface area contributed by atoms with E-state index < -0.39 is 12.1 Å². The minimum atomic E-state index is -0.801. The Balaban J connectivity index is 2.43. The molecule has 1 aromatic carbocycles. The van der Waals surface area contributed by atoms with E-state index in [1.165, 1.54) is 14.0 Å². The molecule has 0 saturated carbocycles. The van der Waals surface area contributed by atoms with Gasteiger partial charge in [0.2, 0.25) is 0 Å². The van der Waals surface area contributed by atoms with E-state index in [1.807, 2.05) is 0 Å². The minimum Gasteiger partial charge on any atom is -0.469 e. The number of methoxy groups -OCH3 is 1. The second kappa shape index (κ2) is 6.76. The molecule has 0 heterocycles. The number of aliphatic hydroxyl groups excluding tert-OH is 1. The molecule has 0 aliphatic carbocycles. The molecule has 2 N–H and O–H groups in total. The zero-order chi connectivity index (χ0) is 13.5. The molecule has 5 heteroatoms. The van der Waals surface area contributed by atoms with Gasteiger partial charge in [0.25, 0.3) is 0 Å². The summed E-state index contributed by atoms with van der Waals surface area (Å²) in [5, 5.41) is 12.5. The van der Waals surface area contributed by atoms with Crippen molar-refractivity contribution in [3.63, 3.8) is 0 Å². The van der Waals surface area contributed by atoms with Crippen LogP contribution in [0.4, 0.5) is 5.69 Å². The average Bonchev–Trinajstić information content (AvgIpc) is 2.36. The number of anilines is 1. The van der Waals surface area contributed by atoms with Crippen molar-refractivity contribution >= 4 is 17.4 Å². The molecule has 0 bridgehead atoms. The molecule has 0 saturated heterocycles. The Kier molecular flexibility index (Phi) is 5.32. The van der Waals surface area contributed by atoms with Crippen molar-refractivity contribution in [3.8, 4) is 0 Å². The summed E-state index contributed by atoms with van der Waals surface area (Å²) in [6.07, 6.45) is -0.848. The van der Waals surface area contributed by atoms with Crippen molar-refractivity contribution in [3.05, 3.63) is 29.8 Å². The van der Waals surface area contributed by atoms with Gasteiger partial charge in [-0.2, -0.15) is 0 Å². The van der Waals surface area contributed by atoms with Crippen LogP contribution in [0.25, 0.3) is 0 Å². The first-order valence-corrected chi connectivity index (χ1v) is 5.62. The number of carbonyl (C=O) groups excluding carboxylic acids is 2. The van der Waals surface area contributed by atoms with E-state index in [1.54, 1.807) is 24.3 Å². The molecule has 0 radical (unpaired) electrons. The van der Waals surface area contributed by atoms with Crippen molar-refractivity contribution in [2.45, 2.75) is 19.4 Å². The summed E-state index contributed by atoms with van der Waals surface area (Å²) >= 11 is 0. The van der Waals surface area contributed by atoms with E-state index in [4.69, 9.17) is 0 Å². The third kappa shape index (κ3) is 4.55. The summed E-state index contributed by atoms with van der Waals surface area (Å²) in [4.78, 5) is 22.0. The van der Waals surface area contributed by atoms with Gasteiger partial charge >= 0.3 is 5.97 Å². The molecular formula is C13H17NO4. The first-order valence-electron chi connectivity index (χ1n) is 5.62. The van der Waals surface area contributed by atoms with Gasteiger partial charge in [0, 0.05) is 17.8 Å². The molecule has 0 amide bonds. The van der Waals surface area contributed by atoms with Crippen LogP contribution in [0.15, 0.2) is 24.3 Å². The molecule has 1 atom stereocenters. The number of carbonyl (C=O) groups is 2. The summed E-state index contributed by atoms with van der Waals surface area (Å²) in [6.45, 7) is 1.75. The Labute approximate surface area is 106 Å². The number of benzene rings is 1. The average molecular weight is 251 g/mol. The quantitative estimate of drug-likeness (QED) is 0.587. The van der Waals surface area contributed by atoms with Gasteiger partial charge in [-0.25, -0.2) is 0 Å². The molecule has 18 heavy (non-hydrogen) atoms. The normalized spacial score (nSPS) is 11.7. The molecular weight excluding hydrogens is 234 g/mol. The van der Waals surface area contributed by atoms with Gasteiger partial charge in [0.15, 0.2) is 5.78 Å². The van der Waals surface area contributed by atoms with Gasteiger partial charge in [-0.1, -0.05) is 0 Å². The van der Waals surface area contributed by atoms with Gasteiger partial charge in [0.1, 0.15) is 0 Å². The molecule has 0 aliphatic rings. The molecule has 1 aromatic rings. The van der Waals surface area contributed by atoms with Gasteiger partial charge < -0.3 is 15.2 Å². The number of aliphatic hydroxyl groups is 1. The van der Waals surface area contributed by atoms with Crippen molar-refractivity contribution in [2.24, 2.45) is 0 Å². The summed E-state index contributed by atoms with van der Waals surface area (Å²) < 4.78 is 4.45. The second-order valence-electron chi connectivity index (χ2n) is 3.95. The van der Waals surface area contributed by atoms with Crippen LogP contribution in [0.3, 0.4) is 0 Å². The maximum absolute atomic E-state index is 11.1. The molecule has 0 fully saturated rings. The zero-order valence-corrected chi connectivity index (χ0v) is 10.5. The molecule has 1 rings (SSSR count). The number of hydrogen-bond donors (Lipinski definition) is 2. The van der Waals surface area contributed by atoms with E-state index in [0.29, 0.717) is 5.56 Å². The van der Waals surface area contributed by atoms with E-state index in [-0.39, 0.29) is 18.7 Å². The van der Waals surface area contributed by atoms with Crippen LogP contribution in [-0.4, -0.2) is 36.6 Å². The van der Waals surface area contributed by atoms with E-state index in [2.05, 4.69) is 10.1 Å². The minimum absolute atomic E-state index is 0.00674. The van der Waals surface area contributed by atoms with Crippen LogP contribution >= 0.6 is 0 Å². The summed E-state index contributed by atoms with van der Waals surface area (Å²) in [7, 11) is 1.28. The largest absolute Gasteiger partial charge is 0.469 e. The van der Waals surface area contributed by atoms with E-state index in [9.17, 15) is 14.7 Å². The highest BCUT2D eigenvalue weighted by molar-refractivity contribution is 5.94. The fourth-order valence-electron chi connectivity index (χ4n) is 1.41. The van der Waals surface area contributed by atoms with E-state index in [0.717, 1.165) is 5.69 Å². The zero-order valence-electron chi connectivity index (χ0n) is 10.5. The Bertz CT molecular complexity index is 414. The SMILES string of the molecule is COC(=O)CC(O)CNc1ccc(C(C)=O)cc1. The summed E-state index contributed by atoms with van der Waals surface area (Å²) in [6, 6.07) is 6.91.